The standard InChI is InChI=1S/C9H9ClF2N2O2/c10-6-3-5(11)4-7(12)8(6)14-9(16)13-1-2-15/h3-4,15H,1-2H2,(H2,13,14,16). The Balaban J connectivity index is 2.77. The Morgan fingerprint density at radius 3 is 2.69 bits per heavy atom. The van der Waals surface area contributed by atoms with Gasteiger partial charge in [0.2, 0.25) is 0 Å². The molecule has 1 rings (SSSR count). The van der Waals surface area contributed by atoms with Gasteiger partial charge in [0.15, 0.2) is 5.82 Å². The molecule has 0 aliphatic rings. The second-order valence-corrected chi connectivity index (χ2v) is 3.26. The molecule has 0 atom stereocenters. The maximum absolute atomic E-state index is 13.2. The number of urea groups is 1. The molecule has 1 aromatic rings. The Labute approximate surface area is 95.2 Å². The monoisotopic (exact) mass is 250 g/mol. The predicted octanol–water partition coefficient (Wildman–Crippen LogP) is 1.73. The summed E-state index contributed by atoms with van der Waals surface area (Å²) in [5, 5.41) is 12.5. The number of hydrogen-bond donors (Lipinski definition) is 3. The molecule has 0 bridgehead atoms. The van der Waals surface area contributed by atoms with Crippen LogP contribution >= 0.6 is 11.6 Å². The van der Waals surface area contributed by atoms with Gasteiger partial charge in [-0.2, -0.15) is 0 Å². The fourth-order valence-electron chi connectivity index (χ4n) is 0.989. The normalized spacial score (nSPS) is 10.0. The van der Waals surface area contributed by atoms with Gasteiger partial charge in [-0.25, -0.2) is 13.6 Å². The van der Waals surface area contributed by atoms with Gasteiger partial charge < -0.3 is 15.7 Å². The zero-order chi connectivity index (χ0) is 12.1. The summed E-state index contributed by atoms with van der Waals surface area (Å²) in [7, 11) is 0. The molecule has 0 aromatic heterocycles. The number of nitrogens with one attached hydrogen (secondary N) is 2. The van der Waals surface area contributed by atoms with E-state index in [1.807, 2.05) is 0 Å². The third kappa shape index (κ3) is 3.32. The lowest BCUT2D eigenvalue weighted by Crippen LogP contribution is -2.31. The van der Waals surface area contributed by atoms with E-state index in [0.717, 1.165) is 6.07 Å². The average molecular weight is 251 g/mol. The summed E-state index contributed by atoms with van der Waals surface area (Å²) in [5.41, 5.74) is -0.307. The molecule has 0 unspecified atom stereocenters. The fourth-order valence-corrected chi connectivity index (χ4v) is 1.23. The first-order chi connectivity index (χ1) is 7.54. The van der Waals surface area contributed by atoms with Crippen molar-refractivity contribution in [3.63, 3.8) is 0 Å². The van der Waals surface area contributed by atoms with Crippen LogP contribution in [0.2, 0.25) is 5.02 Å². The molecular weight excluding hydrogens is 242 g/mol. The maximum atomic E-state index is 13.2. The summed E-state index contributed by atoms with van der Waals surface area (Å²) in [6.07, 6.45) is 0. The van der Waals surface area contributed by atoms with E-state index in [1.165, 1.54) is 0 Å². The first kappa shape index (κ1) is 12.7. The Morgan fingerprint density at radius 1 is 1.44 bits per heavy atom. The molecule has 4 nitrogen and oxygen atoms in total. The highest BCUT2D eigenvalue weighted by atomic mass is 35.5. The van der Waals surface area contributed by atoms with Gasteiger partial charge in [0.05, 0.1) is 17.3 Å². The summed E-state index contributed by atoms with van der Waals surface area (Å²) < 4.78 is 25.8. The van der Waals surface area contributed by atoms with Crippen LogP contribution in [0.1, 0.15) is 0 Å². The number of rotatable bonds is 3. The molecule has 0 saturated heterocycles. The summed E-state index contributed by atoms with van der Waals surface area (Å²) in [6, 6.07) is 0.751. The van der Waals surface area contributed by atoms with Crippen LogP contribution in [0.3, 0.4) is 0 Å². The summed E-state index contributed by atoms with van der Waals surface area (Å²) in [6.45, 7) is -0.223. The first-order valence-corrected chi connectivity index (χ1v) is 4.72. The van der Waals surface area contributed by atoms with Crippen LogP contribution in [0.25, 0.3) is 0 Å². The lowest BCUT2D eigenvalue weighted by atomic mass is 10.3. The van der Waals surface area contributed by atoms with Crippen LogP contribution in [0.4, 0.5) is 19.3 Å². The molecule has 0 saturated carbocycles. The van der Waals surface area contributed by atoms with E-state index in [-0.39, 0.29) is 23.9 Å². The van der Waals surface area contributed by atoms with Gasteiger partial charge in [0.25, 0.3) is 0 Å². The van der Waals surface area contributed by atoms with E-state index in [2.05, 4.69) is 10.6 Å². The minimum atomic E-state index is -0.968. The largest absolute Gasteiger partial charge is 0.395 e. The zero-order valence-corrected chi connectivity index (χ0v) is 8.81. The molecule has 16 heavy (non-hydrogen) atoms. The fraction of sp³-hybridized carbons (Fsp3) is 0.222. The molecule has 0 fully saturated rings. The quantitative estimate of drug-likeness (QED) is 0.765. The van der Waals surface area contributed by atoms with Crippen molar-refractivity contribution >= 4 is 23.3 Å². The summed E-state index contributed by atoms with van der Waals surface area (Å²) >= 11 is 5.54. The molecular formula is C9H9ClF2N2O2. The number of halogens is 3. The van der Waals surface area contributed by atoms with Crippen LogP contribution in [-0.2, 0) is 0 Å². The van der Waals surface area contributed by atoms with Crippen LogP contribution in [0.5, 0.6) is 0 Å². The van der Waals surface area contributed by atoms with Crippen molar-refractivity contribution in [2.75, 3.05) is 18.5 Å². The molecule has 0 heterocycles. The Morgan fingerprint density at radius 2 is 2.12 bits per heavy atom. The SMILES string of the molecule is O=C(NCCO)Nc1c(F)cc(F)cc1Cl. The zero-order valence-electron chi connectivity index (χ0n) is 8.06. The third-order valence-electron chi connectivity index (χ3n) is 1.64. The van der Waals surface area contributed by atoms with Crippen LogP contribution in [0, 0.1) is 11.6 Å². The number of amides is 2. The van der Waals surface area contributed by atoms with Gasteiger partial charge in [-0.15, -0.1) is 0 Å². The van der Waals surface area contributed by atoms with Crippen molar-refractivity contribution < 1.29 is 18.7 Å². The number of hydrogen-bond acceptors (Lipinski definition) is 2. The van der Waals surface area contributed by atoms with Gasteiger partial charge in [-0.05, 0) is 6.07 Å². The minimum Gasteiger partial charge on any atom is -0.395 e. The maximum Gasteiger partial charge on any atom is 0.319 e. The summed E-state index contributed by atoms with van der Waals surface area (Å²) in [4.78, 5) is 11.1. The molecule has 0 radical (unpaired) electrons. The molecule has 0 aliphatic heterocycles. The lowest BCUT2D eigenvalue weighted by molar-refractivity contribution is 0.244. The Hall–Kier alpha value is -1.40. The molecule has 3 N–H and O–H groups in total. The van der Waals surface area contributed by atoms with Crippen molar-refractivity contribution in [1.29, 1.82) is 0 Å². The first-order valence-electron chi connectivity index (χ1n) is 4.35. The van der Waals surface area contributed by atoms with E-state index < -0.39 is 17.7 Å². The molecule has 0 aliphatic carbocycles. The van der Waals surface area contributed by atoms with E-state index in [1.54, 1.807) is 0 Å². The van der Waals surface area contributed by atoms with Gasteiger partial charge in [-0.3, -0.25) is 0 Å². The topological polar surface area (TPSA) is 61.4 Å². The highest BCUT2D eigenvalue weighted by Gasteiger charge is 2.12. The van der Waals surface area contributed by atoms with E-state index in [9.17, 15) is 13.6 Å². The summed E-state index contributed by atoms with van der Waals surface area (Å²) in [5.74, 6) is -1.80. The van der Waals surface area contributed by atoms with E-state index >= 15 is 0 Å². The van der Waals surface area contributed by atoms with Gasteiger partial charge in [0.1, 0.15) is 5.82 Å². The van der Waals surface area contributed by atoms with Crippen LogP contribution < -0.4 is 10.6 Å². The van der Waals surface area contributed by atoms with Crippen molar-refractivity contribution in [2.45, 2.75) is 0 Å². The molecule has 7 heteroatoms. The number of aliphatic hydroxyl groups is 1. The molecule has 0 spiro atoms. The average Bonchev–Trinajstić information content (AvgIpc) is 2.20. The van der Waals surface area contributed by atoms with Crippen molar-refractivity contribution in [2.24, 2.45) is 0 Å². The van der Waals surface area contributed by atoms with Gasteiger partial charge in [0, 0.05) is 12.6 Å². The molecule has 2 amide bonds. The van der Waals surface area contributed by atoms with Crippen molar-refractivity contribution in [3.8, 4) is 0 Å². The van der Waals surface area contributed by atoms with Crippen LogP contribution in [0.15, 0.2) is 12.1 Å². The van der Waals surface area contributed by atoms with Gasteiger partial charge in [-0.1, -0.05) is 11.6 Å². The second-order valence-electron chi connectivity index (χ2n) is 2.85. The number of aliphatic hydroxyl groups excluding tert-OH is 1. The van der Waals surface area contributed by atoms with E-state index in [4.69, 9.17) is 16.7 Å². The third-order valence-corrected chi connectivity index (χ3v) is 1.94. The molecule has 1 aromatic carbocycles. The Bertz CT molecular complexity index is 378. The Kier molecular flexibility index (Phi) is 4.45. The highest BCUT2D eigenvalue weighted by Crippen LogP contribution is 2.26. The van der Waals surface area contributed by atoms with Crippen molar-refractivity contribution in [3.05, 3.63) is 28.8 Å². The van der Waals surface area contributed by atoms with E-state index in [0.29, 0.717) is 6.07 Å². The lowest BCUT2D eigenvalue weighted by Gasteiger charge is -2.09. The van der Waals surface area contributed by atoms with Crippen LogP contribution in [-0.4, -0.2) is 24.3 Å². The minimum absolute atomic E-state index is 0.0201. The number of benzene rings is 1. The van der Waals surface area contributed by atoms with Crippen molar-refractivity contribution in [1.82, 2.24) is 5.32 Å². The number of carbonyl (C=O) groups is 1. The molecule has 88 valence electrons. The predicted molar refractivity (Wildman–Crippen MR) is 55.5 cm³/mol. The number of anilines is 1. The second kappa shape index (κ2) is 5.62. The smallest absolute Gasteiger partial charge is 0.319 e. The number of carbonyl (C=O) groups excluding carboxylic acids is 1. The van der Waals surface area contributed by atoms with Gasteiger partial charge >= 0.3 is 6.03 Å². The highest BCUT2D eigenvalue weighted by molar-refractivity contribution is 6.33.